The summed E-state index contributed by atoms with van der Waals surface area (Å²) in [4.78, 5) is 33.6. The lowest BCUT2D eigenvalue weighted by atomic mass is 10.0. The number of carbonyl (C=O) groups excluding carboxylic acids is 1. The molecule has 24 heavy (non-hydrogen) atoms. The number of allylic oxidation sites excluding steroid dienone is 1. The minimum atomic E-state index is -1.11. The fraction of sp³-hybridized carbons (Fsp3) is 0.0556. The van der Waals surface area contributed by atoms with E-state index >= 15 is 0 Å². The Morgan fingerprint density at radius 1 is 0.917 bits per heavy atom. The highest BCUT2D eigenvalue weighted by Gasteiger charge is 2.10. The lowest BCUT2D eigenvalue weighted by Crippen LogP contribution is -2.02. The van der Waals surface area contributed by atoms with Gasteiger partial charge in [0.1, 0.15) is 5.75 Å². The van der Waals surface area contributed by atoms with E-state index in [2.05, 4.69) is 0 Å². The van der Waals surface area contributed by atoms with Crippen molar-refractivity contribution < 1.29 is 29.7 Å². The number of hydrogen-bond donors (Lipinski definition) is 3. The van der Waals surface area contributed by atoms with Crippen molar-refractivity contribution in [3.63, 3.8) is 0 Å². The number of phenols is 1. The monoisotopic (exact) mass is 326 g/mol. The van der Waals surface area contributed by atoms with Crippen LogP contribution in [0.1, 0.15) is 31.8 Å². The number of ketones is 1. The van der Waals surface area contributed by atoms with E-state index in [1.807, 2.05) is 0 Å². The van der Waals surface area contributed by atoms with Crippen molar-refractivity contribution in [3.05, 3.63) is 70.8 Å². The minimum absolute atomic E-state index is 0.148. The maximum atomic E-state index is 12.1. The summed E-state index contributed by atoms with van der Waals surface area (Å²) in [5, 5.41) is 27.2. The second-order valence-corrected chi connectivity index (χ2v) is 5.04. The molecule has 0 radical (unpaired) electrons. The smallest absolute Gasteiger partial charge is 0.335 e. The van der Waals surface area contributed by atoms with Crippen LogP contribution in [0.15, 0.2) is 48.5 Å². The molecule has 0 saturated heterocycles. The summed E-state index contributed by atoms with van der Waals surface area (Å²) in [6.07, 6.45) is 2.44. The topological polar surface area (TPSA) is 112 Å². The summed E-state index contributed by atoms with van der Waals surface area (Å²) < 4.78 is 0. The molecule has 0 aromatic heterocycles. The van der Waals surface area contributed by atoms with E-state index in [1.54, 1.807) is 12.1 Å². The van der Waals surface area contributed by atoms with Crippen molar-refractivity contribution in [1.29, 1.82) is 0 Å². The highest BCUT2D eigenvalue weighted by molar-refractivity contribution is 6.07. The largest absolute Gasteiger partial charge is 0.508 e. The van der Waals surface area contributed by atoms with Crippen LogP contribution in [-0.2, 0) is 11.2 Å². The van der Waals surface area contributed by atoms with E-state index in [4.69, 9.17) is 10.2 Å². The first-order valence-electron chi connectivity index (χ1n) is 6.96. The molecule has 0 bridgehead atoms. The van der Waals surface area contributed by atoms with Crippen molar-refractivity contribution in [3.8, 4) is 5.75 Å². The molecule has 6 heteroatoms. The third-order valence-electron chi connectivity index (χ3n) is 3.29. The first-order valence-corrected chi connectivity index (χ1v) is 6.96. The zero-order chi connectivity index (χ0) is 17.7. The Balaban J connectivity index is 2.16. The summed E-state index contributed by atoms with van der Waals surface area (Å²) in [5.41, 5.74) is 1.21. The van der Waals surface area contributed by atoms with Gasteiger partial charge in [-0.15, -0.1) is 0 Å². The molecule has 0 spiro atoms. The summed E-state index contributed by atoms with van der Waals surface area (Å²) in [6, 6.07) is 10.0. The van der Waals surface area contributed by atoms with Gasteiger partial charge < -0.3 is 15.3 Å². The number of carboxylic acid groups (broad SMARTS) is 2. The summed E-state index contributed by atoms with van der Waals surface area (Å²) in [7, 11) is 0. The van der Waals surface area contributed by atoms with Crippen LogP contribution < -0.4 is 0 Å². The van der Waals surface area contributed by atoms with Gasteiger partial charge in [-0.1, -0.05) is 18.2 Å². The van der Waals surface area contributed by atoms with E-state index in [0.717, 1.165) is 0 Å². The van der Waals surface area contributed by atoms with Gasteiger partial charge in [-0.2, -0.15) is 0 Å². The third kappa shape index (κ3) is 4.30. The molecule has 2 aromatic rings. The van der Waals surface area contributed by atoms with Crippen molar-refractivity contribution in [2.45, 2.75) is 6.42 Å². The average molecular weight is 326 g/mol. The van der Waals surface area contributed by atoms with Crippen LogP contribution in [0, 0.1) is 0 Å². The number of aromatic hydroxyl groups is 1. The van der Waals surface area contributed by atoms with Gasteiger partial charge in [0.05, 0.1) is 12.0 Å². The Morgan fingerprint density at radius 2 is 1.54 bits per heavy atom. The molecule has 2 aromatic carbocycles. The Morgan fingerprint density at radius 3 is 2.12 bits per heavy atom. The molecular formula is C18H14O6. The predicted molar refractivity (Wildman–Crippen MR) is 86.2 cm³/mol. The van der Waals surface area contributed by atoms with E-state index < -0.39 is 11.9 Å². The molecule has 0 fully saturated rings. The van der Waals surface area contributed by atoms with Gasteiger partial charge in [-0.25, -0.2) is 4.79 Å². The Labute approximate surface area is 137 Å². The summed E-state index contributed by atoms with van der Waals surface area (Å²) in [6.45, 7) is 0. The summed E-state index contributed by atoms with van der Waals surface area (Å²) >= 11 is 0. The summed E-state index contributed by atoms with van der Waals surface area (Å²) in [5.74, 6) is -2.67. The fourth-order valence-electron chi connectivity index (χ4n) is 2.05. The van der Waals surface area contributed by atoms with Crippen LogP contribution in [-0.4, -0.2) is 33.0 Å². The van der Waals surface area contributed by atoms with E-state index in [9.17, 15) is 19.5 Å². The number of carbonyl (C=O) groups is 3. The number of carboxylic acids is 2. The molecule has 0 heterocycles. The number of aromatic carboxylic acids is 1. The van der Waals surface area contributed by atoms with Gasteiger partial charge in [-0.05, 0) is 42.0 Å². The fourth-order valence-corrected chi connectivity index (χ4v) is 2.05. The molecule has 0 amide bonds. The van der Waals surface area contributed by atoms with Crippen LogP contribution >= 0.6 is 0 Å². The van der Waals surface area contributed by atoms with Gasteiger partial charge in [0.25, 0.3) is 0 Å². The van der Waals surface area contributed by atoms with Crippen molar-refractivity contribution in [2.24, 2.45) is 0 Å². The van der Waals surface area contributed by atoms with Gasteiger partial charge in [-0.3, -0.25) is 9.59 Å². The lowest BCUT2D eigenvalue weighted by molar-refractivity contribution is -0.136. The highest BCUT2D eigenvalue weighted by atomic mass is 16.4. The van der Waals surface area contributed by atoms with E-state index in [-0.39, 0.29) is 34.6 Å². The Hall–Kier alpha value is -3.41. The Kier molecular flexibility index (Phi) is 5.11. The van der Waals surface area contributed by atoms with Gasteiger partial charge in [0.15, 0.2) is 5.78 Å². The van der Waals surface area contributed by atoms with Crippen LogP contribution in [0.5, 0.6) is 5.75 Å². The van der Waals surface area contributed by atoms with Gasteiger partial charge in [0.2, 0.25) is 0 Å². The molecule has 6 nitrogen and oxygen atoms in total. The zero-order valence-electron chi connectivity index (χ0n) is 12.5. The van der Waals surface area contributed by atoms with Gasteiger partial charge >= 0.3 is 11.9 Å². The highest BCUT2D eigenvalue weighted by Crippen LogP contribution is 2.20. The van der Waals surface area contributed by atoms with E-state index in [0.29, 0.717) is 5.56 Å². The second-order valence-electron chi connectivity index (χ2n) is 5.04. The number of phenolic OH excluding ortho intramolecular Hbond substituents is 1. The predicted octanol–water partition coefficient (Wildman–Crippen LogP) is 2.61. The number of hydrogen-bond acceptors (Lipinski definition) is 4. The van der Waals surface area contributed by atoms with E-state index in [1.165, 1.54) is 42.5 Å². The normalized spacial score (nSPS) is 10.7. The second kappa shape index (κ2) is 7.23. The molecule has 3 N–H and O–H groups in total. The van der Waals surface area contributed by atoms with Crippen molar-refractivity contribution in [2.75, 3.05) is 0 Å². The SMILES string of the molecule is O=C(O)Cc1cc(C(=O)C=Cc2ccc(C(=O)O)cc2)ccc1O. The van der Waals surface area contributed by atoms with Crippen LogP contribution in [0.25, 0.3) is 6.08 Å². The van der Waals surface area contributed by atoms with Crippen LogP contribution in [0.2, 0.25) is 0 Å². The molecule has 122 valence electrons. The minimum Gasteiger partial charge on any atom is -0.508 e. The van der Waals surface area contributed by atoms with Crippen LogP contribution in [0.3, 0.4) is 0 Å². The first-order chi connectivity index (χ1) is 11.4. The molecule has 0 saturated carbocycles. The maximum Gasteiger partial charge on any atom is 0.335 e. The molecule has 2 rings (SSSR count). The zero-order valence-corrected chi connectivity index (χ0v) is 12.5. The molecule has 0 aliphatic rings. The molecule has 0 unspecified atom stereocenters. The third-order valence-corrected chi connectivity index (χ3v) is 3.29. The molecule has 0 aliphatic carbocycles. The quantitative estimate of drug-likeness (QED) is 0.556. The molecule has 0 aliphatic heterocycles. The van der Waals surface area contributed by atoms with Crippen LogP contribution in [0.4, 0.5) is 0 Å². The Bertz CT molecular complexity index is 818. The molecule has 0 atom stereocenters. The maximum absolute atomic E-state index is 12.1. The number of rotatable bonds is 6. The first kappa shape index (κ1) is 17.0. The number of aliphatic carboxylic acids is 1. The molecular weight excluding hydrogens is 312 g/mol. The van der Waals surface area contributed by atoms with Gasteiger partial charge in [0, 0.05) is 11.1 Å². The van der Waals surface area contributed by atoms with Crippen molar-refractivity contribution >= 4 is 23.8 Å². The van der Waals surface area contributed by atoms with Crippen molar-refractivity contribution in [1.82, 2.24) is 0 Å². The number of benzene rings is 2. The average Bonchev–Trinajstić information content (AvgIpc) is 2.54. The lowest BCUT2D eigenvalue weighted by Gasteiger charge is -2.04. The standard InChI is InChI=1S/C18H14O6/c19-15(7-3-11-1-4-12(5-2-11)18(23)24)13-6-8-16(20)14(9-13)10-17(21)22/h1-9,20H,10H2,(H,21,22)(H,23,24).